The van der Waals surface area contributed by atoms with Crippen molar-refractivity contribution in [2.24, 2.45) is 5.73 Å². The number of rotatable bonds is 3. The van der Waals surface area contributed by atoms with Gasteiger partial charge in [0, 0.05) is 12.0 Å². The van der Waals surface area contributed by atoms with E-state index in [1.807, 2.05) is 0 Å². The van der Waals surface area contributed by atoms with E-state index >= 15 is 0 Å². The molecule has 0 aliphatic heterocycles. The third-order valence-electron chi connectivity index (χ3n) is 4.70. The Bertz CT molecular complexity index is 619. The zero-order valence-corrected chi connectivity index (χ0v) is 13.3. The van der Waals surface area contributed by atoms with Gasteiger partial charge >= 0.3 is 0 Å². The summed E-state index contributed by atoms with van der Waals surface area (Å²) in [5.74, 6) is 0.531. The van der Waals surface area contributed by atoms with Crippen molar-refractivity contribution in [2.75, 3.05) is 0 Å². The molecule has 0 bridgehead atoms. The summed E-state index contributed by atoms with van der Waals surface area (Å²) < 4.78 is 0. The summed E-state index contributed by atoms with van der Waals surface area (Å²) in [6.07, 6.45) is 2.10. The molecule has 0 aromatic heterocycles. The third kappa shape index (κ3) is 2.89. The molecule has 2 N–H and O–H groups in total. The number of benzene rings is 2. The summed E-state index contributed by atoms with van der Waals surface area (Å²) >= 11 is 0. The van der Waals surface area contributed by atoms with Gasteiger partial charge in [-0.25, -0.2) is 0 Å². The molecule has 1 heteroatoms. The van der Waals surface area contributed by atoms with Gasteiger partial charge in [0.15, 0.2) is 0 Å². The summed E-state index contributed by atoms with van der Waals surface area (Å²) in [6, 6.07) is 17.9. The standard InChI is InChI=1S/C20H25N/c1-20(2,3)16-10-8-14(9-11-16)12-19(21)18-13-15-6-4-5-7-17(15)18/h4-11,18-19H,12-13,21H2,1-3H3. The maximum Gasteiger partial charge on any atom is 0.0152 e. The van der Waals surface area contributed by atoms with Crippen LogP contribution in [0.1, 0.15) is 48.9 Å². The molecule has 2 atom stereocenters. The van der Waals surface area contributed by atoms with Gasteiger partial charge in [0.25, 0.3) is 0 Å². The molecule has 1 nitrogen and oxygen atoms in total. The van der Waals surface area contributed by atoms with Gasteiger partial charge < -0.3 is 5.73 Å². The summed E-state index contributed by atoms with van der Waals surface area (Å²) in [5, 5.41) is 0. The zero-order valence-electron chi connectivity index (χ0n) is 13.3. The molecule has 2 aromatic rings. The fourth-order valence-corrected chi connectivity index (χ4v) is 3.23. The van der Waals surface area contributed by atoms with E-state index in [0.29, 0.717) is 5.92 Å². The van der Waals surface area contributed by atoms with E-state index in [9.17, 15) is 0 Å². The van der Waals surface area contributed by atoms with Gasteiger partial charge in [0.1, 0.15) is 0 Å². The lowest BCUT2D eigenvalue weighted by atomic mass is 9.72. The summed E-state index contributed by atoms with van der Waals surface area (Å²) in [4.78, 5) is 0. The number of fused-ring (bicyclic) bond motifs is 1. The van der Waals surface area contributed by atoms with Crippen molar-refractivity contribution in [3.8, 4) is 0 Å². The summed E-state index contributed by atoms with van der Waals surface area (Å²) in [7, 11) is 0. The van der Waals surface area contributed by atoms with Crippen LogP contribution in [0.25, 0.3) is 0 Å². The molecule has 0 saturated heterocycles. The second kappa shape index (κ2) is 5.31. The molecule has 0 amide bonds. The van der Waals surface area contributed by atoms with E-state index in [4.69, 9.17) is 5.73 Å². The molecule has 0 fully saturated rings. The topological polar surface area (TPSA) is 26.0 Å². The molecule has 1 aliphatic carbocycles. The average molecular weight is 279 g/mol. The molecule has 3 rings (SSSR count). The van der Waals surface area contributed by atoms with Crippen LogP contribution in [0.2, 0.25) is 0 Å². The highest BCUT2D eigenvalue weighted by Gasteiger charge is 2.30. The highest BCUT2D eigenvalue weighted by atomic mass is 14.7. The molecule has 0 spiro atoms. The Morgan fingerprint density at radius 2 is 1.71 bits per heavy atom. The minimum Gasteiger partial charge on any atom is -0.327 e. The maximum atomic E-state index is 6.45. The molecule has 0 saturated carbocycles. The van der Waals surface area contributed by atoms with E-state index in [0.717, 1.165) is 12.8 Å². The van der Waals surface area contributed by atoms with Crippen LogP contribution >= 0.6 is 0 Å². The molecular formula is C20H25N. The van der Waals surface area contributed by atoms with Crippen LogP contribution < -0.4 is 5.73 Å². The Morgan fingerprint density at radius 1 is 1.05 bits per heavy atom. The lowest BCUT2D eigenvalue weighted by molar-refractivity contribution is 0.480. The maximum absolute atomic E-state index is 6.45. The van der Waals surface area contributed by atoms with Gasteiger partial charge in [0.05, 0.1) is 0 Å². The van der Waals surface area contributed by atoms with Crippen molar-refractivity contribution in [2.45, 2.75) is 51.0 Å². The Hall–Kier alpha value is -1.60. The predicted octanol–water partition coefficient (Wildman–Crippen LogP) is 4.19. The lowest BCUT2D eigenvalue weighted by Gasteiger charge is -2.34. The van der Waals surface area contributed by atoms with Crippen molar-refractivity contribution >= 4 is 0 Å². The quantitative estimate of drug-likeness (QED) is 0.895. The van der Waals surface area contributed by atoms with Crippen molar-refractivity contribution in [1.29, 1.82) is 0 Å². The van der Waals surface area contributed by atoms with Gasteiger partial charge in [-0.15, -0.1) is 0 Å². The SMILES string of the molecule is CC(C)(C)c1ccc(CC(N)C2Cc3ccccc32)cc1. The zero-order chi connectivity index (χ0) is 15.0. The molecule has 2 aromatic carbocycles. The normalized spacial score (nSPS) is 18.8. The Labute approximate surface area is 128 Å². The largest absolute Gasteiger partial charge is 0.327 e. The van der Waals surface area contributed by atoms with Crippen LogP contribution in [0.5, 0.6) is 0 Å². The Balaban J connectivity index is 1.68. The minimum absolute atomic E-state index is 0.216. The molecule has 21 heavy (non-hydrogen) atoms. The Morgan fingerprint density at radius 3 is 2.33 bits per heavy atom. The van der Waals surface area contributed by atoms with Crippen molar-refractivity contribution < 1.29 is 0 Å². The first-order valence-electron chi connectivity index (χ1n) is 7.88. The van der Waals surface area contributed by atoms with E-state index in [-0.39, 0.29) is 11.5 Å². The first-order valence-corrected chi connectivity index (χ1v) is 7.88. The van der Waals surface area contributed by atoms with Crippen LogP contribution in [0.3, 0.4) is 0 Å². The number of hydrogen-bond donors (Lipinski definition) is 1. The minimum atomic E-state index is 0.216. The first kappa shape index (κ1) is 14.3. The third-order valence-corrected chi connectivity index (χ3v) is 4.70. The van der Waals surface area contributed by atoms with E-state index < -0.39 is 0 Å². The number of hydrogen-bond acceptors (Lipinski definition) is 1. The van der Waals surface area contributed by atoms with Crippen LogP contribution in [-0.2, 0) is 18.3 Å². The van der Waals surface area contributed by atoms with Crippen molar-refractivity contribution in [3.63, 3.8) is 0 Å². The molecule has 2 unspecified atom stereocenters. The van der Waals surface area contributed by atoms with E-state index in [2.05, 4.69) is 69.3 Å². The van der Waals surface area contributed by atoms with Gasteiger partial charge in [-0.2, -0.15) is 0 Å². The van der Waals surface area contributed by atoms with Gasteiger partial charge in [0.2, 0.25) is 0 Å². The molecule has 0 heterocycles. The summed E-state index contributed by atoms with van der Waals surface area (Å²) in [5.41, 5.74) is 12.3. The first-order chi connectivity index (χ1) is 9.95. The molecular weight excluding hydrogens is 254 g/mol. The van der Waals surface area contributed by atoms with Crippen LogP contribution in [0, 0.1) is 0 Å². The smallest absolute Gasteiger partial charge is 0.0152 e. The second-order valence-electron chi connectivity index (χ2n) is 7.32. The Kier molecular flexibility index (Phi) is 3.62. The second-order valence-corrected chi connectivity index (χ2v) is 7.32. The highest BCUT2D eigenvalue weighted by molar-refractivity contribution is 5.41. The van der Waals surface area contributed by atoms with Gasteiger partial charge in [-0.05, 0) is 40.5 Å². The van der Waals surface area contributed by atoms with Crippen molar-refractivity contribution in [3.05, 3.63) is 70.8 Å². The summed E-state index contributed by atoms with van der Waals surface area (Å²) in [6.45, 7) is 6.75. The molecule has 110 valence electrons. The fourth-order valence-electron chi connectivity index (χ4n) is 3.23. The van der Waals surface area contributed by atoms with Crippen LogP contribution in [0.4, 0.5) is 0 Å². The number of nitrogens with two attached hydrogens (primary N) is 1. The fraction of sp³-hybridized carbons (Fsp3) is 0.400. The van der Waals surface area contributed by atoms with Gasteiger partial charge in [-0.1, -0.05) is 69.3 Å². The molecule has 1 aliphatic rings. The lowest BCUT2D eigenvalue weighted by Crippen LogP contribution is -2.37. The van der Waals surface area contributed by atoms with E-state index in [1.54, 1.807) is 0 Å². The van der Waals surface area contributed by atoms with Crippen LogP contribution in [0.15, 0.2) is 48.5 Å². The van der Waals surface area contributed by atoms with Crippen LogP contribution in [-0.4, -0.2) is 6.04 Å². The molecule has 0 radical (unpaired) electrons. The monoisotopic (exact) mass is 279 g/mol. The highest BCUT2D eigenvalue weighted by Crippen LogP contribution is 2.37. The predicted molar refractivity (Wildman–Crippen MR) is 89.7 cm³/mol. The van der Waals surface area contributed by atoms with Crippen molar-refractivity contribution in [1.82, 2.24) is 0 Å². The van der Waals surface area contributed by atoms with E-state index in [1.165, 1.54) is 22.3 Å². The average Bonchev–Trinajstić information content (AvgIpc) is 2.40. The van der Waals surface area contributed by atoms with Gasteiger partial charge in [-0.3, -0.25) is 0 Å².